The molecule has 142 valence electrons. The highest BCUT2D eigenvalue weighted by molar-refractivity contribution is 7.98. The second-order valence-electron chi connectivity index (χ2n) is 5.87. The van der Waals surface area contributed by atoms with Gasteiger partial charge in [-0.1, -0.05) is 12.1 Å². The van der Waals surface area contributed by atoms with Crippen molar-refractivity contribution < 1.29 is 9.59 Å². The van der Waals surface area contributed by atoms with E-state index in [-0.39, 0.29) is 24.2 Å². The average Bonchev–Trinajstić information content (AvgIpc) is 2.57. The molecule has 8 heteroatoms. The van der Waals surface area contributed by atoms with Crippen LogP contribution in [0.15, 0.2) is 24.3 Å². The standard InChI is InChI=1S/C17H28N4O2S.ClH/c1-21(2)9-8-19-16(22)14-6-4-5-13(11-14)12-20-17(23)15(18)7-10-24-3;/h4-6,11,15H,7-10,12,18H2,1-3H3,(H,19,22)(H,20,23);1H/t15-;/m0./s1. The Morgan fingerprint density at radius 1 is 1.28 bits per heavy atom. The monoisotopic (exact) mass is 388 g/mol. The van der Waals surface area contributed by atoms with Crippen LogP contribution in [0.1, 0.15) is 22.3 Å². The van der Waals surface area contributed by atoms with Crippen molar-refractivity contribution in [3.8, 4) is 0 Å². The number of carbonyl (C=O) groups is 2. The Morgan fingerprint density at radius 2 is 2.00 bits per heavy atom. The third-order valence-electron chi connectivity index (χ3n) is 3.47. The summed E-state index contributed by atoms with van der Waals surface area (Å²) in [5.74, 6) is 0.587. The van der Waals surface area contributed by atoms with E-state index in [4.69, 9.17) is 5.73 Å². The second kappa shape index (κ2) is 13.0. The lowest BCUT2D eigenvalue weighted by atomic mass is 10.1. The Hall–Kier alpha value is -1.28. The Balaban J connectivity index is 0.00000576. The molecule has 0 spiro atoms. The van der Waals surface area contributed by atoms with Crippen molar-refractivity contribution in [1.82, 2.24) is 15.5 Å². The van der Waals surface area contributed by atoms with Gasteiger partial charge in [-0.25, -0.2) is 0 Å². The number of nitrogens with one attached hydrogen (secondary N) is 2. The second-order valence-corrected chi connectivity index (χ2v) is 6.85. The zero-order valence-corrected chi connectivity index (χ0v) is 16.7. The van der Waals surface area contributed by atoms with Gasteiger partial charge in [-0.3, -0.25) is 9.59 Å². The van der Waals surface area contributed by atoms with Crippen LogP contribution in [0.3, 0.4) is 0 Å². The van der Waals surface area contributed by atoms with Crippen molar-refractivity contribution in [2.45, 2.75) is 19.0 Å². The predicted octanol–water partition coefficient (Wildman–Crippen LogP) is 1.10. The number of nitrogens with zero attached hydrogens (tertiary/aromatic N) is 1. The van der Waals surface area contributed by atoms with E-state index in [9.17, 15) is 9.59 Å². The van der Waals surface area contributed by atoms with E-state index < -0.39 is 6.04 Å². The van der Waals surface area contributed by atoms with Crippen molar-refractivity contribution >= 4 is 36.0 Å². The van der Waals surface area contributed by atoms with E-state index in [0.717, 1.165) is 17.9 Å². The minimum absolute atomic E-state index is 0. The molecule has 0 fully saturated rings. The topological polar surface area (TPSA) is 87.5 Å². The fourth-order valence-electron chi connectivity index (χ4n) is 2.01. The van der Waals surface area contributed by atoms with Gasteiger partial charge in [-0.05, 0) is 50.2 Å². The number of benzene rings is 1. The first-order valence-electron chi connectivity index (χ1n) is 7.98. The summed E-state index contributed by atoms with van der Waals surface area (Å²) < 4.78 is 0. The summed E-state index contributed by atoms with van der Waals surface area (Å²) in [6.45, 7) is 1.75. The minimum atomic E-state index is -0.491. The first-order valence-corrected chi connectivity index (χ1v) is 9.37. The van der Waals surface area contributed by atoms with E-state index in [0.29, 0.717) is 25.1 Å². The Morgan fingerprint density at radius 3 is 2.64 bits per heavy atom. The van der Waals surface area contributed by atoms with Gasteiger partial charge >= 0.3 is 0 Å². The van der Waals surface area contributed by atoms with E-state index in [1.54, 1.807) is 23.9 Å². The first kappa shape index (κ1) is 23.7. The smallest absolute Gasteiger partial charge is 0.251 e. The Kier molecular flexibility index (Phi) is 12.3. The molecule has 0 unspecified atom stereocenters. The molecule has 0 bridgehead atoms. The van der Waals surface area contributed by atoms with Crippen LogP contribution < -0.4 is 16.4 Å². The molecule has 4 N–H and O–H groups in total. The van der Waals surface area contributed by atoms with Crippen LogP contribution in [0.2, 0.25) is 0 Å². The molecule has 2 amide bonds. The Labute approximate surface area is 160 Å². The molecule has 1 rings (SSSR count). The molecule has 0 aliphatic carbocycles. The number of hydrogen-bond acceptors (Lipinski definition) is 5. The molecular formula is C17H29ClN4O2S. The van der Waals surface area contributed by atoms with Crippen LogP contribution >= 0.6 is 24.2 Å². The lowest BCUT2D eigenvalue weighted by molar-refractivity contribution is -0.122. The van der Waals surface area contributed by atoms with Crippen LogP contribution in [0.5, 0.6) is 0 Å². The first-order chi connectivity index (χ1) is 11.4. The fraction of sp³-hybridized carbons (Fsp3) is 0.529. The van der Waals surface area contributed by atoms with E-state index >= 15 is 0 Å². The highest BCUT2D eigenvalue weighted by Gasteiger charge is 2.12. The van der Waals surface area contributed by atoms with Gasteiger partial charge in [0.05, 0.1) is 6.04 Å². The number of carbonyl (C=O) groups excluding carboxylic acids is 2. The largest absolute Gasteiger partial charge is 0.351 e. The van der Waals surface area contributed by atoms with Gasteiger partial charge in [0.15, 0.2) is 0 Å². The molecule has 0 saturated heterocycles. The van der Waals surface area contributed by atoms with Crippen LogP contribution in [-0.2, 0) is 11.3 Å². The molecular weight excluding hydrogens is 360 g/mol. The molecule has 25 heavy (non-hydrogen) atoms. The van der Waals surface area contributed by atoms with Crippen molar-refractivity contribution in [1.29, 1.82) is 0 Å². The van der Waals surface area contributed by atoms with Crippen LogP contribution in [0, 0.1) is 0 Å². The van der Waals surface area contributed by atoms with Gasteiger partial charge in [-0.15, -0.1) is 12.4 Å². The van der Waals surface area contributed by atoms with E-state index in [1.165, 1.54) is 0 Å². The van der Waals surface area contributed by atoms with Crippen LogP contribution in [-0.4, -0.2) is 61.9 Å². The maximum absolute atomic E-state index is 12.1. The Bertz CT molecular complexity index is 543. The number of rotatable bonds is 10. The normalized spacial score (nSPS) is 11.6. The number of nitrogens with two attached hydrogens (primary N) is 1. The fourth-order valence-corrected chi connectivity index (χ4v) is 2.50. The number of thioether (sulfide) groups is 1. The van der Waals surface area contributed by atoms with Gasteiger partial charge in [0.1, 0.15) is 0 Å². The molecule has 6 nitrogen and oxygen atoms in total. The highest BCUT2D eigenvalue weighted by Crippen LogP contribution is 2.06. The third-order valence-corrected chi connectivity index (χ3v) is 4.11. The molecule has 0 aliphatic rings. The van der Waals surface area contributed by atoms with Crippen molar-refractivity contribution in [2.75, 3.05) is 39.2 Å². The summed E-state index contributed by atoms with van der Waals surface area (Å²) in [4.78, 5) is 26.0. The van der Waals surface area contributed by atoms with Gasteiger partial charge < -0.3 is 21.3 Å². The summed E-state index contributed by atoms with van der Waals surface area (Å²) in [6.07, 6.45) is 2.64. The molecule has 0 aliphatic heterocycles. The third kappa shape index (κ3) is 9.69. The van der Waals surface area contributed by atoms with Crippen molar-refractivity contribution in [3.05, 3.63) is 35.4 Å². The summed E-state index contributed by atoms with van der Waals surface area (Å²) in [7, 11) is 3.92. The maximum atomic E-state index is 12.1. The lowest BCUT2D eigenvalue weighted by Gasteiger charge is -2.13. The summed E-state index contributed by atoms with van der Waals surface area (Å²) in [6, 6.07) is 6.76. The zero-order valence-electron chi connectivity index (χ0n) is 15.1. The number of likely N-dealkylation sites (N-methyl/N-ethyl adjacent to an activating group) is 1. The number of amides is 2. The molecule has 0 radical (unpaired) electrons. The lowest BCUT2D eigenvalue weighted by Crippen LogP contribution is -2.40. The molecule has 1 atom stereocenters. The molecule has 0 aromatic heterocycles. The van der Waals surface area contributed by atoms with E-state index in [2.05, 4.69) is 10.6 Å². The molecule has 0 heterocycles. The van der Waals surface area contributed by atoms with Gasteiger partial charge in [0.2, 0.25) is 5.91 Å². The van der Waals surface area contributed by atoms with Gasteiger partial charge in [0.25, 0.3) is 5.91 Å². The molecule has 1 aromatic rings. The average molecular weight is 389 g/mol. The van der Waals surface area contributed by atoms with Gasteiger partial charge in [0, 0.05) is 25.2 Å². The summed E-state index contributed by atoms with van der Waals surface area (Å²) >= 11 is 1.67. The quantitative estimate of drug-likeness (QED) is 0.558. The number of hydrogen-bond donors (Lipinski definition) is 3. The van der Waals surface area contributed by atoms with E-state index in [1.807, 2.05) is 37.4 Å². The summed E-state index contributed by atoms with van der Waals surface area (Å²) in [5, 5.41) is 5.69. The minimum Gasteiger partial charge on any atom is -0.351 e. The zero-order chi connectivity index (χ0) is 17.9. The number of halogens is 1. The van der Waals surface area contributed by atoms with Crippen LogP contribution in [0.25, 0.3) is 0 Å². The molecule has 1 aromatic carbocycles. The summed E-state index contributed by atoms with van der Waals surface area (Å²) in [5.41, 5.74) is 7.30. The van der Waals surface area contributed by atoms with Crippen molar-refractivity contribution in [2.24, 2.45) is 5.73 Å². The highest BCUT2D eigenvalue weighted by atomic mass is 35.5. The maximum Gasteiger partial charge on any atom is 0.251 e. The SMILES string of the molecule is CSCC[C@H](N)C(=O)NCc1cccc(C(=O)NCCN(C)C)c1.Cl. The van der Waals surface area contributed by atoms with Gasteiger partial charge in [-0.2, -0.15) is 11.8 Å². The van der Waals surface area contributed by atoms with Crippen LogP contribution in [0.4, 0.5) is 0 Å². The van der Waals surface area contributed by atoms with Crippen molar-refractivity contribution in [3.63, 3.8) is 0 Å². The predicted molar refractivity (Wildman–Crippen MR) is 107 cm³/mol. The molecule has 0 saturated carbocycles.